The highest BCUT2D eigenvalue weighted by Gasteiger charge is 2.32. The molecule has 2 aromatic heterocycles. The first-order valence-electron chi connectivity index (χ1n) is 12.2. The Balaban J connectivity index is 1.58. The van der Waals surface area contributed by atoms with Gasteiger partial charge in [-0.05, 0) is 62.6 Å². The molecule has 3 heterocycles. The number of aromatic nitrogens is 2. The van der Waals surface area contributed by atoms with E-state index in [1.807, 2.05) is 51.1 Å². The van der Waals surface area contributed by atoms with Crippen molar-refractivity contribution in [1.29, 1.82) is 0 Å². The lowest BCUT2D eigenvalue weighted by Gasteiger charge is -2.29. The Kier molecular flexibility index (Phi) is 6.83. The van der Waals surface area contributed by atoms with Crippen LogP contribution in [0.5, 0.6) is 0 Å². The first-order chi connectivity index (χ1) is 17.6. The third-order valence-corrected chi connectivity index (χ3v) is 8.01. The molecule has 9 heteroatoms. The van der Waals surface area contributed by atoms with Crippen molar-refractivity contribution in [2.24, 2.45) is 0 Å². The SMILES string of the molecule is CC(Cc1ccccc1)NC(=O)Cn1c(=O)n(-c2ccc(Cl)cc2)c(=O)c2c3c(sc21)COC(C)(C)C3. The van der Waals surface area contributed by atoms with Gasteiger partial charge in [-0.15, -0.1) is 11.3 Å². The highest BCUT2D eigenvalue weighted by Crippen LogP contribution is 2.37. The van der Waals surface area contributed by atoms with Crippen molar-refractivity contribution in [2.45, 2.75) is 58.4 Å². The third-order valence-electron chi connectivity index (χ3n) is 6.53. The number of benzene rings is 2. The monoisotopic (exact) mass is 537 g/mol. The van der Waals surface area contributed by atoms with Gasteiger partial charge in [-0.25, -0.2) is 9.36 Å². The van der Waals surface area contributed by atoms with Gasteiger partial charge >= 0.3 is 5.69 Å². The van der Waals surface area contributed by atoms with Crippen LogP contribution < -0.4 is 16.6 Å². The summed E-state index contributed by atoms with van der Waals surface area (Å²) in [6.07, 6.45) is 1.21. The predicted molar refractivity (Wildman–Crippen MR) is 147 cm³/mol. The second-order valence-corrected chi connectivity index (χ2v) is 11.6. The van der Waals surface area contributed by atoms with Crippen LogP contribution in [0, 0.1) is 0 Å². The topological polar surface area (TPSA) is 82.3 Å². The molecule has 0 aliphatic carbocycles. The van der Waals surface area contributed by atoms with Gasteiger partial charge in [0, 0.05) is 22.4 Å². The molecule has 1 unspecified atom stereocenters. The molecule has 0 bridgehead atoms. The number of nitrogens with one attached hydrogen (secondary N) is 1. The normalized spacial score (nSPS) is 15.4. The fourth-order valence-corrected chi connectivity index (χ4v) is 6.14. The van der Waals surface area contributed by atoms with Gasteiger partial charge in [-0.2, -0.15) is 0 Å². The zero-order chi connectivity index (χ0) is 26.3. The number of ether oxygens (including phenoxy) is 1. The Morgan fingerprint density at radius 1 is 1.14 bits per heavy atom. The summed E-state index contributed by atoms with van der Waals surface area (Å²) in [6, 6.07) is 16.3. The zero-order valence-electron chi connectivity index (χ0n) is 20.9. The van der Waals surface area contributed by atoms with E-state index in [-0.39, 0.29) is 18.5 Å². The van der Waals surface area contributed by atoms with E-state index >= 15 is 0 Å². The molecule has 1 atom stereocenters. The highest BCUT2D eigenvalue weighted by atomic mass is 35.5. The second-order valence-electron chi connectivity index (χ2n) is 10.1. The van der Waals surface area contributed by atoms with Crippen LogP contribution in [-0.2, 0) is 35.5 Å². The summed E-state index contributed by atoms with van der Waals surface area (Å²) < 4.78 is 8.51. The minimum atomic E-state index is -0.565. The number of nitrogens with zero attached hydrogens (tertiary/aromatic N) is 2. The Bertz CT molecular complexity index is 1590. The average Bonchev–Trinajstić information content (AvgIpc) is 3.21. The quantitative estimate of drug-likeness (QED) is 0.393. The van der Waals surface area contributed by atoms with Gasteiger partial charge < -0.3 is 10.1 Å². The van der Waals surface area contributed by atoms with Crippen molar-refractivity contribution < 1.29 is 9.53 Å². The summed E-state index contributed by atoms with van der Waals surface area (Å²) in [5.74, 6) is -0.295. The first kappa shape index (κ1) is 25.4. The Morgan fingerprint density at radius 3 is 2.54 bits per heavy atom. The van der Waals surface area contributed by atoms with Gasteiger partial charge in [0.2, 0.25) is 5.91 Å². The van der Waals surface area contributed by atoms with Crippen LogP contribution in [0.25, 0.3) is 15.9 Å². The van der Waals surface area contributed by atoms with Gasteiger partial charge in [-0.1, -0.05) is 41.9 Å². The van der Waals surface area contributed by atoms with Gasteiger partial charge in [0.15, 0.2) is 0 Å². The molecule has 0 radical (unpaired) electrons. The van der Waals surface area contributed by atoms with Crippen molar-refractivity contribution in [2.75, 3.05) is 0 Å². The molecule has 4 aromatic rings. The number of hydrogen-bond donors (Lipinski definition) is 1. The fourth-order valence-electron chi connectivity index (χ4n) is 4.80. The lowest BCUT2D eigenvalue weighted by molar-refractivity contribution is -0.122. The molecule has 7 nitrogen and oxygen atoms in total. The van der Waals surface area contributed by atoms with Gasteiger partial charge in [0.1, 0.15) is 11.4 Å². The summed E-state index contributed by atoms with van der Waals surface area (Å²) in [5, 5.41) is 3.97. The van der Waals surface area contributed by atoms with E-state index in [1.54, 1.807) is 24.3 Å². The number of hydrogen-bond acceptors (Lipinski definition) is 5. The third kappa shape index (κ3) is 5.14. The number of thiophene rings is 1. The smallest absolute Gasteiger partial charge is 0.337 e. The maximum atomic E-state index is 13.8. The van der Waals surface area contributed by atoms with Crippen LogP contribution in [-0.4, -0.2) is 26.7 Å². The van der Waals surface area contributed by atoms with Crippen LogP contribution in [0.1, 0.15) is 36.8 Å². The van der Waals surface area contributed by atoms with Crippen LogP contribution in [0.3, 0.4) is 0 Å². The van der Waals surface area contributed by atoms with Crippen molar-refractivity contribution >= 4 is 39.1 Å². The van der Waals surface area contributed by atoms with E-state index < -0.39 is 16.9 Å². The number of rotatable bonds is 6. The summed E-state index contributed by atoms with van der Waals surface area (Å²) in [5.41, 5.74) is 0.995. The Hall–Kier alpha value is -3.20. The number of carbonyl (C=O) groups excluding carboxylic acids is 1. The van der Waals surface area contributed by atoms with Crippen LogP contribution >= 0.6 is 22.9 Å². The summed E-state index contributed by atoms with van der Waals surface area (Å²) in [7, 11) is 0. The molecule has 1 N–H and O–H groups in total. The second kappa shape index (κ2) is 9.93. The van der Waals surface area contributed by atoms with E-state index in [2.05, 4.69) is 5.32 Å². The molecule has 37 heavy (non-hydrogen) atoms. The molecule has 1 amide bonds. The molecule has 1 aliphatic heterocycles. The molecule has 2 aromatic carbocycles. The zero-order valence-corrected chi connectivity index (χ0v) is 22.5. The first-order valence-corrected chi connectivity index (χ1v) is 13.4. The van der Waals surface area contributed by atoms with Crippen LogP contribution in [0.4, 0.5) is 0 Å². The lowest BCUT2D eigenvalue weighted by atomic mass is 9.94. The minimum absolute atomic E-state index is 0.131. The summed E-state index contributed by atoms with van der Waals surface area (Å²) in [6.45, 7) is 6.05. The molecule has 0 fully saturated rings. The largest absolute Gasteiger partial charge is 0.370 e. The molecule has 5 rings (SSSR count). The van der Waals surface area contributed by atoms with Gasteiger partial charge in [0.25, 0.3) is 5.56 Å². The van der Waals surface area contributed by atoms with Crippen molar-refractivity contribution in [1.82, 2.24) is 14.5 Å². The molecule has 1 aliphatic rings. The maximum Gasteiger partial charge on any atom is 0.337 e. The van der Waals surface area contributed by atoms with E-state index in [4.69, 9.17) is 16.3 Å². The standard InChI is InChI=1S/C28H28ClN3O4S/c1-17(13-18-7-5-4-6-8-18)30-23(33)15-31-26-24(21-14-28(2,3)36-16-22(21)37-26)25(34)32(27(31)35)20-11-9-19(29)10-12-20/h4-12,17H,13-16H2,1-3H3,(H,30,33). The fraction of sp³-hybridized carbons (Fsp3) is 0.321. The van der Waals surface area contributed by atoms with Crippen LogP contribution in [0.15, 0.2) is 64.2 Å². The molecule has 192 valence electrons. The number of amides is 1. The van der Waals surface area contributed by atoms with E-state index in [9.17, 15) is 14.4 Å². The predicted octanol–water partition coefficient (Wildman–Crippen LogP) is 4.47. The average molecular weight is 538 g/mol. The van der Waals surface area contributed by atoms with Gasteiger partial charge in [0.05, 0.1) is 23.3 Å². The number of carbonyl (C=O) groups is 1. The van der Waals surface area contributed by atoms with E-state index in [0.717, 1.165) is 20.6 Å². The molecule has 0 saturated heterocycles. The van der Waals surface area contributed by atoms with Crippen molar-refractivity contribution in [3.8, 4) is 5.69 Å². The van der Waals surface area contributed by atoms with Crippen molar-refractivity contribution in [3.05, 3.63) is 96.5 Å². The number of fused-ring (bicyclic) bond motifs is 3. The highest BCUT2D eigenvalue weighted by molar-refractivity contribution is 7.18. The summed E-state index contributed by atoms with van der Waals surface area (Å²) in [4.78, 5) is 42.1. The van der Waals surface area contributed by atoms with Gasteiger partial charge in [-0.3, -0.25) is 14.2 Å². The summed E-state index contributed by atoms with van der Waals surface area (Å²) >= 11 is 7.40. The van der Waals surface area contributed by atoms with E-state index in [1.165, 1.54) is 15.9 Å². The Morgan fingerprint density at radius 2 is 1.84 bits per heavy atom. The maximum absolute atomic E-state index is 13.8. The molecular weight excluding hydrogens is 510 g/mol. The molecule has 0 spiro atoms. The van der Waals surface area contributed by atoms with E-state index in [0.29, 0.717) is 40.4 Å². The van der Waals surface area contributed by atoms with Crippen LogP contribution in [0.2, 0.25) is 5.02 Å². The Labute approximate surface area is 223 Å². The number of halogens is 1. The molecular formula is C28H28ClN3O4S. The van der Waals surface area contributed by atoms with Crippen molar-refractivity contribution in [3.63, 3.8) is 0 Å². The molecule has 0 saturated carbocycles. The lowest BCUT2D eigenvalue weighted by Crippen LogP contribution is -2.43. The minimum Gasteiger partial charge on any atom is -0.370 e.